The van der Waals surface area contributed by atoms with Gasteiger partial charge >= 0.3 is 6.09 Å². The number of nitriles is 1. The Hall–Kier alpha value is -2.13. The van der Waals surface area contributed by atoms with Gasteiger partial charge in [-0.15, -0.1) is 0 Å². The molecule has 6 heteroatoms. The highest BCUT2D eigenvalue weighted by molar-refractivity contribution is 5.68. The van der Waals surface area contributed by atoms with Crippen LogP contribution in [0.2, 0.25) is 0 Å². The topological polar surface area (TPSA) is 75.5 Å². The van der Waals surface area contributed by atoms with Crippen LogP contribution in [0.5, 0.6) is 0 Å². The van der Waals surface area contributed by atoms with Gasteiger partial charge in [-0.25, -0.2) is 4.79 Å². The van der Waals surface area contributed by atoms with E-state index in [1.165, 1.54) is 5.56 Å². The van der Waals surface area contributed by atoms with Crippen LogP contribution in [0.25, 0.3) is 0 Å². The van der Waals surface area contributed by atoms with Crippen molar-refractivity contribution in [2.24, 2.45) is 5.92 Å². The molecule has 6 nitrogen and oxygen atoms in total. The predicted octanol–water partition coefficient (Wildman–Crippen LogP) is 5.34. The molecule has 1 saturated heterocycles. The fraction of sp³-hybridized carbons (Fsp3) is 0.696. The number of aryl methyl sites for hydroxylation is 1. The van der Waals surface area contributed by atoms with Crippen LogP contribution in [-0.4, -0.2) is 34.7 Å². The average Bonchev–Trinajstić information content (AvgIpc) is 3.00. The number of rotatable bonds is 0. The minimum atomic E-state index is -0.457. The van der Waals surface area contributed by atoms with Crippen LogP contribution in [-0.2, 0) is 21.7 Å². The van der Waals surface area contributed by atoms with Crippen molar-refractivity contribution < 1.29 is 14.3 Å². The summed E-state index contributed by atoms with van der Waals surface area (Å²) in [5, 5.41) is 7.89. The zero-order chi connectivity index (χ0) is 22.2. The molecule has 1 fully saturated rings. The first-order chi connectivity index (χ1) is 13.6. The summed E-state index contributed by atoms with van der Waals surface area (Å²) in [7, 11) is 0. The molecule has 0 bridgehead atoms. The van der Waals surface area contributed by atoms with Gasteiger partial charge in [0.05, 0.1) is 18.4 Å². The third kappa shape index (κ3) is 7.01. The molecule has 162 valence electrons. The summed E-state index contributed by atoms with van der Waals surface area (Å²) in [6.07, 6.45) is 3.21. The van der Waals surface area contributed by atoms with Gasteiger partial charge in [-0.1, -0.05) is 19.9 Å². The maximum absolute atomic E-state index is 12.2. The molecule has 0 atom stereocenters. The second-order valence-electron chi connectivity index (χ2n) is 8.55. The van der Waals surface area contributed by atoms with Crippen molar-refractivity contribution in [2.45, 2.75) is 86.0 Å². The van der Waals surface area contributed by atoms with Crippen LogP contribution in [0, 0.1) is 24.2 Å². The summed E-state index contributed by atoms with van der Waals surface area (Å²) in [5.41, 5.74) is 2.63. The van der Waals surface area contributed by atoms with E-state index >= 15 is 0 Å². The normalized spacial score (nSPS) is 16.8. The predicted molar refractivity (Wildman–Crippen MR) is 114 cm³/mol. The largest absolute Gasteiger partial charge is 0.444 e. The molecular weight excluding hydrogens is 366 g/mol. The molecule has 1 amide bonds. The summed E-state index contributed by atoms with van der Waals surface area (Å²) >= 11 is 0. The number of nitrogens with zero attached hydrogens (tertiary/aromatic N) is 3. The van der Waals surface area contributed by atoms with E-state index in [1.54, 1.807) is 4.90 Å². The Balaban J connectivity index is 0.000000527. The van der Waals surface area contributed by atoms with Crippen molar-refractivity contribution in [1.82, 2.24) is 9.88 Å². The molecule has 1 aromatic heterocycles. The number of piperidine rings is 1. The number of amides is 1. The number of likely N-dealkylation sites (tertiary alicyclic amines) is 1. The fourth-order valence-electron chi connectivity index (χ4n) is 3.19. The van der Waals surface area contributed by atoms with Crippen molar-refractivity contribution in [3.63, 3.8) is 0 Å². The molecule has 2 aliphatic rings. The van der Waals surface area contributed by atoms with E-state index in [9.17, 15) is 4.79 Å². The molecule has 3 heterocycles. The lowest BCUT2D eigenvalue weighted by Gasteiger charge is -2.38. The zero-order valence-corrected chi connectivity index (χ0v) is 19.3. The summed E-state index contributed by atoms with van der Waals surface area (Å²) in [6.45, 7) is 17.3. The molecule has 0 unspecified atom stereocenters. The molecule has 3 rings (SSSR count). The van der Waals surface area contributed by atoms with Crippen molar-refractivity contribution in [2.75, 3.05) is 13.1 Å². The SMILES string of the molecule is CC.CC(C)C#N.Cc1cnc2c(c1)COC21CCN(C(=O)OC(C)(C)C)CC1. The smallest absolute Gasteiger partial charge is 0.410 e. The lowest BCUT2D eigenvalue weighted by Crippen LogP contribution is -2.47. The fourth-order valence-corrected chi connectivity index (χ4v) is 3.19. The summed E-state index contributed by atoms with van der Waals surface area (Å²) < 4.78 is 11.5. The number of hydrogen-bond donors (Lipinski definition) is 0. The number of aromatic nitrogens is 1. The van der Waals surface area contributed by atoms with Crippen LogP contribution in [0.15, 0.2) is 12.3 Å². The third-order valence-electron chi connectivity index (χ3n) is 4.52. The molecule has 0 saturated carbocycles. The maximum Gasteiger partial charge on any atom is 0.410 e. The third-order valence-corrected chi connectivity index (χ3v) is 4.52. The molecule has 0 radical (unpaired) electrons. The quantitative estimate of drug-likeness (QED) is 0.584. The number of pyridine rings is 1. The molecule has 2 aliphatic heterocycles. The van der Waals surface area contributed by atoms with Gasteiger partial charge in [-0.05, 0) is 59.9 Å². The van der Waals surface area contributed by atoms with E-state index in [0.717, 1.165) is 24.1 Å². The molecule has 1 aromatic rings. The Kier molecular flexibility index (Phi) is 9.10. The van der Waals surface area contributed by atoms with Gasteiger partial charge < -0.3 is 14.4 Å². The van der Waals surface area contributed by atoms with Crippen LogP contribution in [0.1, 0.15) is 78.1 Å². The van der Waals surface area contributed by atoms with E-state index in [1.807, 2.05) is 67.7 Å². The Morgan fingerprint density at radius 2 is 1.86 bits per heavy atom. The van der Waals surface area contributed by atoms with Crippen molar-refractivity contribution in [3.05, 3.63) is 29.1 Å². The molecule has 1 spiro atoms. The van der Waals surface area contributed by atoms with Gasteiger partial charge in [0, 0.05) is 30.8 Å². The van der Waals surface area contributed by atoms with E-state index in [-0.39, 0.29) is 17.6 Å². The first kappa shape index (κ1) is 24.9. The minimum absolute atomic E-state index is 0.190. The van der Waals surface area contributed by atoms with Gasteiger partial charge in [-0.2, -0.15) is 5.26 Å². The highest BCUT2D eigenvalue weighted by Gasteiger charge is 2.45. The van der Waals surface area contributed by atoms with E-state index < -0.39 is 5.60 Å². The van der Waals surface area contributed by atoms with Gasteiger partial charge in [0.1, 0.15) is 11.2 Å². The molecule has 0 N–H and O–H groups in total. The Bertz CT molecular complexity index is 709. The van der Waals surface area contributed by atoms with E-state index in [4.69, 9.17) is 14.7 Å². The molecule has 0 aromatic carbocycles. The van der Waals surface area contributed by atoms with Gasteiger partial charge in [0.15, 0.2) is 0 Å². The highest BCUT2D eigenvalue weighted by Crippen LogP contribution is 2.43. The molecule has 0 aliphatic carbocycles. The number of hydrogen-bond acceptors (Lipinski definition) is 5. The van der Waals surface area contributed by atoms with Crippen LogP contribution >= 0.6 is 0 Å². The standard InChI is InChI=1S/C17H24N2O3.C4H7N.C2H6/c1-12-9-13-11-21-17(14(13)18-10-12)5-7-19(8-6-17)15(20)22-16(2,3)4;1-4(2)3-5;1-2/h9-10H,5-8,11H2,1-4H3;4H,1-2H3;1-2H3. The summed E-state index contributed by atoms with van der Waals surface area (Å²) in [6, 6.07) is 4.18. The Labute approximate surface area is 176 Å². The lowest BCUT2D eigenvalue weighted by molar-refractivity contribution is -0.0816. The maximum atomic E-state index is 12.2. The Morgan fingerprint density at radius 1 is 1.31 bits per heavy atom. The zero-order valence-electron chi connectivity index (χ0n) is 19.3. The van der Waals surface area contributed by atoms with Crippen LogP contribution in [0.4, 0.5) is 4.79 Å². The van der Waals surface area contributed by atoms with E-state index in [0.29, 0.717) is 19.7 Å². The van der Waals surface area contributed by atoms with Crippen LogP contribution in [0.3, 0.4) is 0 Å². The highest BCUT2D eigenvalue weighted by atomic mass is 16.6. The van der Waals surface area contributed by atoms with Gasteiger partial charge in [-0.3, -0.25) is 4.98 Å². The number of carbonyl (C=O) groups excluding carboxylic acids is 1. The van der Waals surface area contributed by atoms with Crippen LogP contribution < -0.4 is 0 Å². The van der Waals surface area contributed by atoms with Crippen molar-refractivity contribution >= 4 is 6.09 Å². The van der Waals surface area contributed by atoms with Gasteiger partial charge in [0.2, 0.25) is 0 Å². The van der Waals surface area contributed by atoms with Crippen molar-refractivity contribution in [3.8, 4) is 6.07 Å². The lowest BCUT2D eigenvalue weighted by atomic mass is 9.87. The number of carbonyl (C=O) groups is 1. The van der Waals surface area contributed by atoms with Gasteiger partial charge in [0.25, 0.3) is 0 Å². The van der Waals surface area contributed by atoms with Crippen molar-refractivity contribution in [1.29, 1.82) is 5.26 Å². The minimum Gasteiger partial charge on any atom is -0.444 e. The summed E-state index contributed by atoms with van der Waals surface area (Å²) in [5.74, 6) is 0.190. The first-order valence-corrected chi connectivity index (χ1v) is 10.5. The number of ether oxygens (including phenoxy) is 2. The summed E-state index contributed by atoms with van der Waals surface area (Å²) in [4.78, 5) is 18.5. The molecular formula is C23H37N3O3. The average molecular weight is 404 g/mol. The van der Waals surface area contributed by atoms with E-state index in [2.05, 4.69) is 11.1 Å². The monoisotopic (exact) mass is 403 g/mol. The Morgan fingerprint density at radius 3 is 2.34 bits per heavy atom. The first-order valence-electron chi connectivity index (χ1n) is 10.5. The second-order valence-corrected chi connectivity index (χ2v) is 8.55. The molecule has 29 heavy (non-hydrogen) atoms. The number of fused-ring (bicyclic) bond motifs is 2. The second kappa shape index (κ2) is 10.6.